The Balaban J connectivity index is 1.49. The van der Waals surface area contributed by atoms with Gasteiger partial charge in [0, 0.05) is 39.1 Å². The van der Waals surface area contributed by atoms with Crippen molar-refractivity contribution in [2.75, 3.05) is 42.9 Å². The second kappa shape index (κ2) is 6.89. The minimum absolute atomic E-state index is 0.245. The van der Waals surface area contributed by atoms with Gasteiger partial charge in [0.25, 0.3) is 0 Å². The van der Waals surface area contributed by atoms with Gasteiger partial charge in [0.15, 0.2) is 11.6 Å². The first kappa shape index (κ1) is 15.0. The second-order valence-electron chi connectivity index (χ2n) is 5.82. The molecule has 0 radical (unpaired) electrons. The molecule has 0 bridgehead atoms. The van der Waals surface area contributed by atoms with Crippen LogP contribution in [0.25, 0.3) is 0 Å². The molecule has 3 rings (SSSR count). The van der Waals surface area contributed by atoms with Gasteiger partial charge in [-0.25, -0.2) is 9.37 Å². The van der Waals surface area contributed by atoms with Crippen molar-refractivity contribution < 1.29 is 9.18 Å². The third kappa shape index (κ3) is 3.45. The maximum Gasteiger partial charge on any atom is 0.224 e. The molecular formula is C15H22FN5O. The van der Waals surface area contributed by atoms with Crippen molar-refractivity contribution in [2.45, 2.75) is 32.1 Å². The van der Waals surface area contributed by atoms with E-state index in [1.165, 1.54) is 6.20 Å². The Bertz CT molecular complexity index is 533. The number of carbonyl (C=O) groups excluding carboxylic acids is 1. The minimum atomic E-state index is -0.366. The summed E-state index contributed by atoms with van der Waals surface area (Å²) in [5, 5.41) is 3.12. The van der Waals surface area contributed by atoms with Gasteiger partial charge in [-0.1, -0.05) is 0 Å². The van der Waals surface area contributed by atoms with E-state index in [4.69, 9.17) is 0 Å². The van der Waals surface area contributed by atoms with Crippen molar-refractivity contribution >= 4 is 17.7 Å². The molecule has 7 heteroatoms. The Morgan fingerprint density at radius 3 is 2.77 bits per heavy atom. The minimum Gasteiger partial charge on any atom is -0.354 e. The van der Waals surface area contributed by atoms with Gasteiger partial charge in [-0.2, -0.15) is 4.98 Å². The lowest BCUT2D eigenvalue weighted by molar-refractivity contribution is -0.127. The average Bonchev–Trinajstić information content (AvgIpc) is 3.17. The van der Waals surface area contributed by atoms with E-state index in [1.807, 2.05) is 9.80 Å². The summed E-state index contributed by atoms with van der Waals surface area (Å²) in [6.07, 6.45) is 5.87. The molecule has 6 nitrogen and oxygen atoms in total. The highest BCUT2D eigenvalue weighted by Gasteiger charge is 2.20. The number of carbonyl (C=O) groups is 1. The summed E-state index contributed by atoms with van der Waals surface area (Å²) in [4.78, 5) is 23.6. The Kier molecular flexibility index (Phi) is 4.70. The van der Waals surface area contributed by atoms with Crippen LogP contribution >= 0.6 is 0 Å². The van der Waals surface area contributed by atoms with Crippen LogP contribution in [-0.4, -0.2) is 53.5 Å². The highest BCUT2D eigenvalue weighted by atomic mass is 19.1. The van der Waals surface area contributed by atoms with E-state index in [-0.39, 0.29) is 11.7 Å². The standard InChI is InChI=1S/C15H22FN5O/c16-12-11-18-15(19-14(12)21-7-1-2-8-21)17-6-4-10-20-9-3-5-13(20)22/h11H,1-10H2,(H,17,18,19). The highest BCUT2D eigenvalue weighted by Crippen LogP contribution is 2.21. The maximum absolute atomic E-state index is 13.8. The van der Waals surface area contributed by atoms with Gasteiger partial charge in [0.1, 0.15) is 0 Å². The van der Waals surface area contributed by atoms with E-state index in [0.29, 0.717) is 24.7 Å². The molecule has 0 aromatic carbocycles. The molecule has 2 saturated heterocycles. The second-order valence-corrected chi connectivity index (χ2v) is 5.82. The number of aromatic nitrogens is 2. The molecule has 1 amide bonds. The average molecular weight is 307 g/mol. The molecule has 22 heavy (non-hydrogen) atoms. The number of amides is 1. The van der Waals surface area contributed by atoms with Crippen molar-refractivity contribution in [2.24, 2.45) is 0 Å². The summed E-state index contributed by atoms with van der Waals surface area (Å²) in [7, 11) is 0. The molecule has 2 aliphatic rings. The lowest BCUT2D eigenvalue weighted by Crippen LogP contribution is -2.27. The van der Waals surface area contributed by atoms with Crippen LogP contribution in [0.1, 0.15) is 32.1 Å². The first-order valence-electron chi connectivity index (χ1n) is 8.03. The highest BCUT2D eigenvalue weighted by molar-refractivity contribution is 5.78. The quantitative estimate of drug-likeness (QED) is 0.810. The van der Waals surface area contributed by atoms with Gasteiger partial charge in [0.2, 0.25) is 11.9 Å². The molecule has 2 fully saturated rings. The third-order valence-corrected chi connectivity index (χ3v) is 4.19. The van der Waals surface area contributed by atoms with E-state index in [9.17, 15) is 9.18 Å². The van der Waals surface area contributed by atoms with Crippen LogP contribution in [0.2, 0.25) is 0 Å². The summed E-state index contributed by atoms with van der Waals surface area (Å²) < 4.78 is 13.8. The van der Waals surface area contributed by atoms with Crippen molar-refractivity contribution in [1.29, 1.82) is 0 Å². The zero-order chi connectivity index (χ0) is 15.4. The lowest BCUT2D eigenvalue weighted by Gasteiger charge is -2.18. The van der Waals surface area contributed by atoms with Gasteiger partial charge in [-0.15, -0.1) is 0 Å². The largest absolute Gasteiger partial charge is 0.354 e. The first-order valence-corrected chi connectivity index (χ1v) is 8.03. The summed E-state index contributed by atoms with van der Waals surface area (Å²) in [5.41, 5.74) is 0. The van der Waals surface area contributed by atoms with E-state index < -0.39 is 0 Å². The van der Waals surface area contributed by atoms with Crippen LogP contribution in [0.15, 0.2) is 6.20 Å². The lowest BCUT2D eigenvalue weighted by atomic mass is 10.4. The monoisotopic (exact) mass is 307 g/mol. The molecule has 0 saturated carbocycles. The molecule has 120 valence electrons. The zero-order valence-electron chi connectivity index (χ0n) is 12.7. The summed E-state index contributed by atoms with van der Waals surface area (Å²) >= 11 is 0. The Labute approximate surface area is 129 Å². The first-order chi connectivity index (χ1) is 10.7. The summed E-state index contributed by atoms with van der Waals surface area (Å²) in [5.74, 6) is 0.727. The number of rotatable bonds is 6. The van der Waals surface area contributed by atoms with Crippen LogP contribution in [0, 0.1) is 5.82 Å². The van der Waals surface area contributed by atoms with Crippen molar-refractivity contribution in [1.82, 2.24) is 14.9 Å². The Morgan fingerprint density at radius 1 is 1.23 bits per heavy atom. The van der Waals surface area contributed by atoms with Crippen LogP contribution < -0.4 is 10.2 Å². The van der Waals surface area contributed by atoms with Gasteiger partial charge in [0.05, 0.1) is 6.20 Å². The number of hydrogen-bond donors (Lipinski definition) is 1. The molecule has 0 unspecified atom stereocenters. The predicted molar refractivity (Wildman–Crippen MR) is 82.4 cm³/mol. The molecule has 1 aromatic heterocycles. The zero-order valence-corrected chi connectivity index (χ0v) is 12.7. The molecule has 1 aromatic rings. The van der Waals surface area contributed by atoms with Crippen molar-refractivity contribution in [3.05, 3.63) is 12.0 Å². The number of likely N-dealkylation sites (tertiary alicyclic amines) is 1. The fourth-order valence-electron chi connectivity index (χ4n) is 3.00. The topological polar surface area (TPSA) is 61.4 Å². The number of hydrogen-bond acceptors (Lipinski definition) is 5. The third-order valence-electron chi connectivity index (χ3n) is 4.19. The van der Waals surface area contributed by atoms with Crippen LogP contribution in [0.4, 0.5) is 16.2 Å². The molecule has 3 heterocycles. The van der Waals surface area contributed by atoms with Crippen LogP contribution in [0.3, 0.4) is 0 Å². The predicted octanol–water partition coefficient (Wildman–Crippen LogP) is 1.64. The van der Waals surface area contributed by atoms with Crippen molar-refractivity contribution in [3.63, 3.8) is 0 Å². The fraction of sp³-hybridized carbons (Fsp3) is 0.667. The van der Waals surface area contributed by atoms with Gasteiger partial charge < -0.3 is 15.1 Å². The fourth-order valence-corrected chi connectivity index (χ4v) is 3.00. The van der Waals surface area contributed by atoms with Gasteiger partial charge in [-0.3, -0.25) is 4.79 Å². The van der Waals surface area contributed by atoms with E-state index >= 15 is 0 Å². The molecular weight excluding hydrogens is 285 g/mol. The van der Waals surface area contributed by atoms with Gasteiger partial charge >= 0.3 is 0 Å². The Morgan fingerprint density at radius 2 is 2.05 bits per heavy atom. The Hall–Kier alpha value is -1.92. The van der Waals surface area contributed by atoms with E-state index in [0.717, 1.165) is 51.9 Å². The van der Waals surface area contributed by atoms with Crippen molar-refractivity contribution in [3.8, 4) is 0 Å². The van der Waals surface area contributed by atoms with Gasteiger partial charge in [-0.05, 0) is 25.7 Å². The number of nitrogens with one attached hydrogen (secondary N) is 1. The number of anilines is 2. The normalized spacial score (nSPS) is 18.3. The molecule has 0 aliphatic carbocycles. The molecule has 0 spiro atoms. The van der Waals surface area contributed by atoms with E-state index in [1.54, 1.807) is 0 Å². The number of nitrogens with zero attached hydrogens (tertiary/aromatic N) is 4. The molecule has 2 aliphatic heterocycles. The SMILES string of the molecule is O=C1CCCN1CCCNc1ncc(F)c(N2CCCC2)n1. The number of halogens is 1. The maximum atomic E-state index is 13.8. The van der Waals surface area contributed by atoms with Crippen LogP contribution in [-0.2, 0) is 4.79 Å². The smallest absolute Gasteiger partial charge is 0.224 e. The summed E-state index contributed by atoms with van der Waals surface area (Å²) in [6, 6.07) is 0. The van der Waals surface area contributed by atoms with E-state index in [2.05, 4.69) is 15.3 Å². The summed E-state index contributed by atoms with van der Waals surface area (Å²) in [6.45, 7) is 4.00. The van der Waals surface area contributed by atoms with Crippen LogP contribution in [0.5, 0.6) is 0 Å². The molecule has 0 atom stereocenters. The molecule has 1 N–H and O–H groups in total.